The van der Waals surface area contributed by atoms with Gasteiger partial charge in [-0.3, -0.25) is 5.32 Å². The minimum atomic E-state index is -0.430. The molecule has 1 heterocycles. The van der Waals surface area contributed by atoms with E-state index in [1.807, 2.05) is 24.3 Å². The van der Waals surface area contributed by atoms with Crippen molar-refractivity contribution in [3.63, 3.8) is 0 Å². The number of nitrogens with zero attached hydrogens (tertiary/aromatic N) is 1. The van der Waals surface area contributed by atoms with Crippen LogP contribution in [0.5, 0.6) is 0 Å². The van der Waals surface area contributed by atoms with Gasteiger partial charge in [-0.15, -0.1) is 0 Å². The molecule has 2 rings (SSSR count). The lowest BCUT2D eigenvalue weighted by atomic mass is 10.2. The molecule has 0 fully saturated rings. The second-order valence-corrected chi connectivity index (χ2v) is 4.02. The molecule has 86 valence electrons. The summed E-state index contributed by atoms with van der Waals surface area (Å²) >= 11 is 5.80. The van der Waals surface area contributed by atoms with E-state index < -0.39 is 6.04 Å². The van der Waals surface area contributed by atoms with Crippen LogP contribution in [-0.2, 0) is 6.54 Å². The molecule has 0 bridgehead atoms. The Morgan fingerprint density at radius 3 is 2.65 bits per heavy atom. The van der Waals surface area contributed by atoms with Crippen molar-refractivity contribution in [2.45, 2.75) is 12.6 Å². The van der Waals surface area contributed by atoms with E-state index in [4.69, 9.17) is 21.3 Å². The molecule has 1 unspecified atom stereocenters. The van der Waals surface area contributed by atoms with Gasteiger partial charge in [-0.05, 0) is 29.8 Å². The summed E-state index contributed by atoms with van der Waals surface area (Å²) in [6, 6.07) is 12.8. The van der Waals surface area contributed by atoms with Crippen molar-refractivity contribution in [2.75, 3.05) is 0 Å². The van der Waals surface area contributed by atoms with E-state index in [0.717, 1.165) is 5.56 Å². The maximum atomic E-state index is 9.03. The normalized spacial score (nSPS) is 12.0. The summed E-state index contributed by atoms with van der Waals surface area (Å²) in [6.07, 6.45) is 1.56. The lowest BCUT2D eigenvalue weighted by Gasteiger charge is -2.08. The Labute approximate surface area is 105 Å². The third-order valence-electron chi connectivity index (χ3n) is 2.38. The molecular formula is C13H11ClN2O. The summed E-state index contributed by atoms with van der Waals surface area (Å²) in [5.74, 6) is 0.626. The van der Waals surface area contributed by atoms with Crippen LogP contribution in [0.25, 0.3) is 0 Å². The van der Waals surface area contributed by atoms with Crippen molar-refractivity contribution in [3.8, 4) is 6.07 Å². The molecule has 0 aliphatic carbocycles. The van der Waals surface area contributed by atoms with Gasteiger partial charge >= 0.3 is 0 Å². The molecule has 3 nitrogen and oxygen atoms in total. The Morgan fingerprint density at radius 2 is 2.06 bits per heavy atom. The summed E-state index contributed by atoms with van der Waals surface area (Å²) in [7, 11) is 0. The molecule has 17 heavy (non-hydrogen) atoms. The summed E-state index contributed by atoms with van der Waals surface area (Å²) in [6.45, 7) is 0.593. The number of nitrogens with one attached hydrogen (secondary N) is 1. The van der Waals surface area contributed by atoms with Crippen LogP contribution in [-0.4, -0.2) is 0 Å². The van der Waals surface area contributed by atoms with E-state index in [9.17, 15) is 0 Å². The zero-order chi connectivity index (χ0) is 12.1. The first-order chi connectivity index (χ1) is 8.29. The molecule has 0 radical (unpaired) electrons. The van der Waals surface area contributed by atoms with E-state index >= 15 is 0 Å². The average Bonchev–Trinajstić information content (AvgIpc) is 2.86. The monoisotopic (exact) mass is 246 g/mol. The zero-order valence-corrected chi connectivity index (χ0v) is 9.82. The fourth-order valence-electron chi connectivity index (χ4n) is 1.49. The van der Waals surface area contributed by atoms with Crippen molar-refractivity contribution in [2.24, 2.45) is 0 Å². The summed E-state index contributed by atoms with van der Waals surface area (Å²) in [5.41, 5.74) is 1.07. The molecule has 1 aromatic heterocycles. The van der Waals surface area contributed by atoms with E-state index in [0.29, 0.717) is 17.3 Å². The molecule has 0 spiro atoms. The van der Waals surface area contributed by atoms with Crippen LogP contribution < -0.4 is 5.32 Å². The van der Waals surface area contributed by atoms with Gasteiger partial charge in [-0.1, -0.05) is 23.7 Å². The summed E-state index contributed by atoms with van der Waals surface area (Å²) in [5, 5.41) is 12.8. The number of hydrogen-bond donors (Lipinski definition) is 1. The SMILES string of the molecule is N#CC(NCc1ccc(Cl)cc1)c1ccco1. The van der Waals surface area contributed by atoms with Gasteiger partial charge in [-0.2, -0.15) is 5.26 Å². The third-order valence-corrected chi connectivity index (χ3v) is 2.63. The Morgan fingerprint density at radius 1 is 1.29 bits per heavy atom. The molecule has 0 saturated carbocycles. The molecule has 1 N–H and O–H groups in total. The van der Waals surface area contributed by atoms with E-state index in [1.54, 1.807) is 18.4 Å². The highest BCUT2D eigenvalue weighted by molar-refractivity contribution is 6.30. The smallest absolute Gasteiger partial charge is 0.154 e. The molecule has 0 saturated heterocycles. The topological polar surface area (TPSA) is 49.0 Å². The molecule has 0 amide bonds. The van der Waals surface area contributed by atoms with Gasteiger partial charge in [0.25, 0.3) is 0 Å². The van der Waals surface area contributed by atoms with Gasteiger partial charge < -0.3 is 4.42 Å². The number of benzene rings is 1. The standard InChI is InChI=1S/C13H11ClN2O/c14-11-5-3-10(4-6-11)9-16-12(8-15)13-2-1-7-17-13/h1-7,12,16H,9H2. The number of halogens is 1. The highest BCUT2D eigenvalue weighted by Crippen LogP contribution is 2.14. The van der Waals surface area contributed by atoms with Crippen molar-refractivity contribution >= 4 is 11.6 Å². The van der Waals surface area contributed by atoms with Gasteiger partial charge in [0, 0.05) is 11.6 Å². The molecule has 4 heteroatoms. The molecule has 2 aromatic rings. The van der Waals surface area contributed by atoms with Gasteiger partial charge in [0.1, 0.15) is 5.76 Å². The van der Waals surface area contributed by atoms with Crippen LogP contribution in [0.1, 0.15) is 17.4 Å². The number of nitriles is 1. The molecule has 0 aliphatic rings. The first-order valence-corrected chi connectivity index (χ1v) is 5.58. The van der Waals surface area contributed by atoms with E-state index in [-0.39, 0.29) is 0 Å². The van der Waals surface area contributed by atoms with Crippen LogP contribution in [0.4, 0.5) is 0 Å². The molecule has 1 aromatic carbocycles. The lowest BCUT2D eigenvalue weighted by molar-refractivity contribution is 0.457. The first kappa shape index (κ1) is 11.7. The third kappa shape index (κ3) is 3.10. The zero-order valence-electron chi connectivity index (χ0n) is 9.06. The second kappa shape index (κ2) is 5.53. The van der Waals surface area contributed by atoms with Crippen molar-refractivity contribution in [1.82, 2.24) is 5.32 Å². The van der Waals surface area contributed by atoms with Gasteiger partial charge in [0.05, 0.1) is 12.3 Å². The van der Waals surface area contributed by atoms with Crippen LogP contribution in [0.3, 0.4) is 0 Å². The fraction of sp³-hybridized carbons (Fsp3) is 0.154. The van der Waals surface area contributed by atoms with Crippen LogP contribution in [0, 0.1) is 11.3 Å². The second-order valence-electron chi connectivity index (χ2n) is 3.58. The van der Waals surface area contributed by atoms with Gasteiger partial charge in [-0.25, -0.2) is 0 Å². The number of furan rings is 1. The Bertz CT molecular complexity index is 499. The van der Waals surface area contributed by atoms with Crippen LogP contribution >= 0.6 is 11.6 Å². The van der Waals surface area contributed by atoms with Crippen molar-refractivity contribution in [1.29, 1.82) is 5.26 Å². The highest BCUT2D eigenvalue weighted by Gasteiger charge is 2.11. The maximum absolute atomic E-state index is 9.03. The van der Waals surface area contributed by atoms with Gasteiger partial charge in [0.15, 0.2) is 6.04 Å². The molecule has 0 aliphatic heterocycles. The predicted molar refractivity (Wildman–Crippen MR) is 65.4 cm³/mol. The summed E-state index contributed by atoms with van der Waals surface area (Å²) < 4.78 is 5.19. The lowest BCUT2D eigenvalue weighted by Crippen LogP contribution is -2.18. The number of hydrogen-bond acceptors (Lipinski definition) is 3. The molecular weight excluding hydrogens is 236 g/mol. The minimum Gasteiger partial charge on any atom is -0.467 e. The average molecular weight is 247 g/mol. The van der Waals surface area contributed by atoms with Crippen molar-refractivity contribution in [3.05, 3.63) is 59.0 Å². The Hall–Kier alpha value is -1.76. The number of rotatable bonds is 4. The molecule has 1 atom stereocenters. The minimum absolute atomic E-state index is 0.430. The quantitative estimate of drug-likeness (QED) is 0.901. The highest BCUT2D eigenvalue weighted by atomic mass is 35.5. The predicted octanol–water partition coefficient (Wildman–Crippen LogP) is 3.29. The van der Waals surface area contributed by atoms with Crippen molar-refractivity contribution < 1.29 is 4.42 Å². The summed E-state index contributed by atoms with van der Waals surface area (Å²) in [4.78, 5) is 0. The van der Waals surface area contributed by atoms with E-state index in [2.05, 4.69) is 11.4 Å². The maximum Gasteiger partial charge on any atom is 0.154 e. The fourth-order valence-corrected chi connectivity index (χ4v) is 1.61. The Balaban J connectivity index is 1.97. The largest absolute Gasteiger partial charge is 0.467 e. The van der Waals surface area contributed by atoms with E-state index in [1.165, 1.54) is 0 Å². The first-order valence-electron chi connectivity index (χ1n) is 5.20. The van der Waals surface area contributed by atoms with Gasteiger partial charge in [0.2, 0.25) is 0 Å². The van der Waals surface area contributed by atoms with Crippen LogP contribution in [0.2, 0.25) is 5.02 Å². The van der Waals surface area contributed by atoms with Crippen LogP contribution in [0.15, 0.2) is 47.1 Å². The Kier molecular flexibility index (Phi) is 3.81.